The molecule has 0 aliphatic rings. The van der Waals surface area contributed by atoms with Crippen molar-refractivity contribution in [1.82, 2.24) is 4.57 Å². The number of nitro groups is 1. The third kappa shape index (κ3) is 4.19. The highest BCUT2D eigenvalue weighted by Crippen LogP contribution is 2.37. The number of furan rings is 1. The molecule has 0 spiro atoms. The molecule has 1 N–H and O–H groups in total. The Morgan fingerprint density at radius 3 is 2.59 bits per heavy atom. The van der Waals surface area contributed by atoms with Gasteiger partial charge in [-0.25, -0.2) is 0 Å². The van der Waals surface area contributed by atoms with E-state index in [4.69, 9.17) is 4.42 Å². The van der Waals surface area contributed by atoms with Crippen LogP contribution in [0.3, 0.4) is 0 Å². The van der Waals surface area contributed by atoms with Crippen LogP contribution in [0.1, 0.15) is 22.5 Å². The summed E-state index contributed by atoms with van der Waals surface area (Å²) in [7, 11) is 0. The van der Waals surface area contributed by atoms with Gasteiger partial charge >= 0.3 is 6.18 Å². The van der Waals surface area contributed by atoms with Gasteiger partial charge < -0.3 is 9.52 Å². The fraction of sp³-hybridized carbons (Fsp3) is 0.158. The molecular formula is C19H12F3N5O5. The molecule has 3 rings (SSSR count). The number of azo groups is 1. The van der Waals surface area contributed by atoms with E-state index in [0.717, 1.165) is 10.6 Å². The Labute approximate surface area is 176 Å². The number of aromatic hydroxyl groups is 1. The molecule has 0 saturated carbocycles. The monoisotopic (exact) mass is 447 g/mol. The SMILES string of the molecule is Cc1c(C#N)c(O)n(Cc2ccco2)c(=O)c1N=Nc1ccc(C(F)(F)F)cc1[N+](=O)[O-]. The smallest absolute Gasteiger partial charge is 0.416 e. The second-order valence-corrected chi connectivity index (χ2v) is 6.41. The van der Waals surface area contributed by atoms with Crippen molar-refractivity contribution in [2.75, 3.05) is 0 Å². The van der Waals surface area contributed by atoms with Gasteiger partial charge in [0.25, 0.3) is 11.2 Å². The molecule has 0 amide bonds. The van der Waals surface area contributed by atoms with Gasteiger partial charge in [-0.1, -0.05) is 0 Å². The molecule has 32 heavy (non-hydrogen) atoms. The van der Waals surface area contributed by atoms with Gasteiger partial charge in [-0.05, 0) is 31.2 Å². The highest BCUT2D eigenvalue weighted by Gasteiger charge is 2.33. The van der Waals surface area contributed by atoms with Crippen molar-refractivity contribution in [2.45, 2.75) is 19.6 Å². The number of nitro benzene ring substituents is 1. The third-order valence-electron chi connectivity index (χ3n) is 4.42. The molecule has 0 aliphatic carbocycles. The Kier molecular flexibility index (Phi) is 5.79. The lowest BCUT2D eigenvalue weighted by Crippen LogP contribution is -2.22. The number of hydrogen-bond acceptors (Lipinski definition) is 8. The fourth-order valence-corrected chi connectivity index (χ4v) is 2.80. The van der Waals surface area contributed by atoms with E-state index >= 15 is 0 Å². The quantitative estimate of drug-likeness (QED) is 0.340. The van der Waals surface area contributed by atoms with Crippen molar-refractivity contribution in [2.24, 2.45) is 10.2 Å². The van der Waals surface area contributed by atoms with Gasteiger partial charge in [-0.2, -0.15) is 18.4 Å². The number of alkyl halides is 3. The van der Waals surface area contributed by atoms with E-state index in [9.17, 15) is 38.4 Å². The second kappa shape index (κ2) is 8.34. The zero-order valence-corrected chi connectivity index (χ0v) is 16.1. The van der Waals surface area contributed by atoms with E-state index in [-0.39, 0.29) is 23.4 Å². The van der Waals surface area contributed by atoms with Crippen LogP contribution in [-0.4, -0.2) is 14.6 Å². The summed E-state index contributed by atoms with van der Waals surface area (Å²) in [5.41, 5.74) is -4.45. The summed E-state index contributed by atoms with van der Waals surface area (Å²) in [5, 5.41) is 38.1. The third-order valence-corrected chi connectivity index (χ3v) is 4.42. The summed E-state index contributed by atoms with van der Waals surface area (Å²) in [6, 6.07) is 6.42. The van der Waals surface area contributed by atoms with Crippen LogP contribution in [0, 0.1) is 28.4 Å². The Balaban J connectivity index is 2.14. The number of hydrogen-bond donors (Lipinski definition) is 1. The average molecular weight is 447 g/mol. The highest BCUT2D eigenvalue weighted by molar-refractivity contribution is 5.60. The molecule has 164 valence electrons. The zero-order chi connectivity index (χ0) is 23.6. The number of aromatic nitrogens is 1. The summed E-state index contributed by atoms with van der Waals surface area (Å²) in [4.78, 5) is 23.0. The van der Waals surface area contributed by atoms with Crippen LogP contribution in [0.4, 0.5) is 30.2 Å². The second-order valence-electron chi connectivity index (χ2n) is 6.41. The molecule has 0 bridgehead atoms. The van der Waals surface area contributed by atoms with Crippen LogP contribution in [0.2, 0.25) is 0 Å². The number of benzene rings is 1. The molecule has 3 aromatic rings. The molecule has 0 radical (unpaired) electrons. The normalized spacial score (nSPS) is 11.6. The van der Waals surface area contributed by atoms with E-state index in [1.165, 1.54) is 19.3 Å². The first kappa shape index (κ1) is 22.2. The van der Waals surface area contributed by atoms with Gasteiger partial charge in [0.1, 0.15) is 17.4 Å². The molecule has 2 heterocycles. The maximum Gasteiger partial charge on any atom is 0.416 e. The van der Waals surface area contributed by atoms with Crippen molar-refractivity contribution >= 4 is 17.1 Å². The number of pyridine rings is 1. The first-order valence-corrected chi connectivity index (χ1v) is 8.70. The van der Waals surface area contributed by atoms with Crippen LogP contribution in [0.15, 0.2) is 56.0 Å². The van der Waals surface area contributed by atoms with Crippen molar-refractivity contribution in [1.29, 1.82) is 5.26 Å². The maximum absolute atomic E-state index is 12.9. The molecule has 0 fully saturated rings. The molecule has 13 heteroatoms. The highest BCUT2D eigenvalue weighted by atomic mass is 19.4. The molecule has 1 aromatic carbocycles. The van der Waals surface area contributed by atoms with E-state index in [1.54, 1.807) is 12.1 Å². The summed E-state index contributed by atoms with van der Waals surface area (Å²) >= 11 is 0. The Bertz CT molecular complexity index is 1320. The van der Waals surface area contributed by atoms with Gasteiger partial charge in [-0.3, -0.25) is 19.5 Å². The zero-order valence-electron chi connectivity index (χ0n) is 16.1. The van der Waals surface area contributed by atoms with Crippen LogP contribution in [0.5, 0.6) is 5.88 Å². The first-order valence-electron chi connectivity index (χ1n) is 8.70. The van der Waals surface area contributed by atoms with Gasteiger partial charge in [0, 0.05) is 11.6 Å². The lowest BCUT2D eigenvalue weighted by Gasteiger charge is -2.12. The minimum atomic E-state index is -4.81. The summed E-state index contributed by atoms with van der Waals surface area (Å²) < 4.78 is 44.5. The average Bonchev–Trinajstić information content (AvgIpc) is 3.24. The van der Waals surface area contributed by atoms with E-state index < -0.39 is 45.2 Å². The molecule has 0 saturated heterocycles. The lowest BCUT2D eigenvalue weighted by atomic mass is 10.1. The molecule has 0 unspecified atom stereocenters. The number of nitriles is 1. The number of rotatable bonds is 5. The van der Waals surface area contributed by atoms with Gasteiger partial charge in [0.15, 0.2) is 11.4 Å². The number of nitrogens with zero attached hydrogens (tertiary/aromatic N) is 5. The van der Waals surface area contributed by atoms with E-state index in [0.29, 0.717) is 12.1 Å². The topological polar surface area (TPSA) is 147 Å². The van der Waals surface area contributed by atoms with Crippen molar-refractivity contribution in [3.63, 3.8) is 0 Å². The van der Waals surface area contributed by atoms with Crippen LogP contribution in [-0.2, 0) is 12.7 Å². The maximum atomic E-state index is 12.9. The predicted molar refractivity (Wildman–Crippen MR) is 102 cm³/mol. The minimum Gasteiger partial charge on any atom is -0.493 e. The van der Waals surface area contributed by atoms with Crippen LogP contribution in [0.25, 0.3) is 0 Å². The Hall–Kier alpha value is -4.47. The Morgan fingerprint density at radius 2 is 2.03 bits per heavy atom. The van der Waals surface area contributed by atoms with Gasteiger partial charge in [0.2, 0.25) is 5.88 Å². The molecule has 10 nitrogen and oxygen atoms in total. The molecule has 0 aliphatic heterocycles. The van der Waals surface area contributed by atoms with E-state index in [2.05, 4.69) is 10.2 Å². The van der Waals surface area contributed by atoms with E-state index in [1.807, 2.05) is 0 Å². The Morgan fingerprint density at radius 1 is 1.31 bits per heavy atom. The number of halogens is 3. The molecular weight excluding hydrogens is 435 g/mol. The van der Waals surface area contributed by atoms with Crippen LogP contribution < -0.4 is 5.56 Å². The van der Waals surface area contributed by atoms with Gasteiger partial charge in [-0.15, -0.1) is 10.2 Å². The summed E-state index contributed by atoms with van der Waals surface area (Å²) in [5.74, 6) is -0.373. The van der Waals surface area contributed by atoms with Crippen molar-refractivity contribution < 1.29 is 27.6 Å². The summed E-state index contributed by atoms with van der Waals surface area (Å²) in [6.07, 6.45) is -3.48. The van der Waals surface area contributed by atoms with Crippen molar-refractivity contribution in [3.05, 3.63) is 79.5 Å². The lowest BCUT2D eigenvalue weighted by molar-refractivity contribution is -0.384. The fourth-order valence-electron chi connectivity index (χ4n) is 2.80. The van der Waals surface area contributed by atoms with Crippen LogP contribution >= 0.6 is 0 Å². The molecule has 0 atom stereocenters. The van der Waals surface area contributed by atoms with Gasteiger partial charge in [0.05, 0.1) is 23.3 Å². The van der Waals surface area contributed by atoms with Crippen molar-refractivity contribution in [3.8, 4) is 11.9 Å². The summed E-state index contributed by atoms with van der Waals surface area (Å²) in [6.45, 7) is 1.04. The molecule has 2 aromatic heterocycles. The first-order chi connectivity index (χ1) is 15.0. The standard InChI is InChI=1S/C19H12F3N5O5/c1-10-13(8-23)17(28)26(9-12-3-2-6-32-12)18(29)16(10)25-24-14-5-4-11(19(20,21)22)7-15(14)27(30)31/h2-7,28H,9H2,1H3. The largest absolute Gasteiger partial charge is 0.493 e. The predicted octanol–water partition coefficient (Wildman–Crippen LogP) is 4.72. The minimum absolute atomic E-state index is 0.0657.